The number of thioether (sulfide) groups is 1. The van der Waals surface area contributed by atoms with Crippen molar-refractivity contribution < 1.29 is 28.7 Å². The Bertz CT molecular complexity index is 1010. The Hall–Kier alpha value is -1.94. The largest absolute Gasteiger partial charge is 0.461 e. The van der Waals surface area contributed by atoms with E-state index in [4.69, 9.17) is 44.3 Å². The summed E-state index contributed by atoms with van der Waals surface area (Å²) < 4.78 is 8.28. The first-order chi connectivity index (χ1) is 16.0. The monoisotopic (exact) mass is 548 g/mol. The lowest BCUT2D eigenvalue weighted by Gasteiger charge is -2.51. The van der Waals surface area contributed by atoms with Gasteiger partial charge in [0.2, 0.25) is 15.6 Å². The molecule has 1 fully saturated rings. The average Bonchev–Trinajstić information content (AvgIpc) is 2.78. The van der Waals surface area contributed by atoms with Gasteiger partial charge in [-0.25, -0.2) is 4.79 Å². The summed E-state index contributed by atoms with van der Waals surface area (Å²) in [5.41, 5.74) is 2.29. The van der Waals surface area contributed by atoms with Crippen LogP contribution < -0.4 is 5.32 Å². The number of aryl methyl sites for hydroxylation is 1. The number of amides is 2. The number of rotatable bonds is 8. The predicted molar refractivity (Wildman–Crippen MR) is 129 cm³/mol. The number of β-lactam (4-membered cyclic amide) rings is 1. The zero-order chi connectivity index (χ0) is 25.0. The topological polar surface area (TPSA) is 102 Å². The van der Waals surface area contributed by atoms with Gasteiger partial charge in [0, 0.05) is 12.5 Å². The maximum Gasteiger partial charge on any atom is 0.333 e. The highest BCUT2D eigenvalue weighted by Crippen LogP contribution is 2.40. The normalized spacial score (nSPS) is 21.7. The predicted octanol–water partition coefficient (Wildman–Crippen LogP) is 2.92. The van der Waals surface area contributed by atoms with Crippen LogP contribution in [0.15, 0.2) is 35.2 Å². The Labute approximate surface area is 216 Å². The van der Waals surface area contributed by atoms with Gasteiger partial charge in [-0.3, -0.25) is 14.4 Å². The number of esters is 2. The van der Waals surface area contributed by atoms with Crippen molar-refractivity contribution in [1.82, 2.24) is 10.2 Å². The van der Waals surface area contributed by atoms with Gasteiger partial charge in [0.1, 0.15) is 24.6 Å². The number of carbonyl (C=O) groups excluding carboxylic acids is 4. The van der Waals surface area contributed by atoms with E-state index in [1.807, 2.05) is 31.2 Å². The van der Waals surface area contributed by atoms with Crippen LogP contribution in [0, 0.1) is 0 Å². The number of hydrogen-bond donors (Lipinski definition) is 1. The molecule has 2 aliphatic heterocycles. The van der Waals surface area contributed by atoms with E-state index in [1.165, 1.54) is 23.6 Å². The fraction of sp³-hybridized carbons (Fsp3) is 0.455. The van der Waals surface area contributed by atoms with Gasteiger partial charge in [-0.1, -0.05) is 66.0 Å². The number of benzene rings is 1. The molecule has 3 atom stereocenters. The molecule has 1 aromatic rings. The van der Waals surface area contributed by atoms with Crippen LogP contribution in [0.5, 0.6) is 0 Å². The minimum absolute atomic E-state index is 0.132. The van der Waals surface area contributed by atoms with E-state index in [0.29, 0.717) is 5.57 Å². The molecule has 2 heterocycles. The molecule has 0 saturated carbocycles. The Morgan fingerprint density at radius 1 is 1.15 bits per heavy atom. The number of alkyl halides is 3. The van der Waals surface area contributed by atoms with Crippen molar-refractivity contribution in [2.75, 3.05) is 13.2 Å². The van der Waals surface area contributed by atoms with Crippen molar-refractivity contribution in [2.45, 2.75) is 47.9 Å². The van der Waals surface area contributed by atoms with E-state index in [1.54, 1.807) is 5.41 Å². The number of nitrogens with one attached hydrogen (secondary N) is 1. The van der Waals surface area contributed by atoms with E-state index in [0.717, 1.165) is 17.5 Å². The molecule has 0 spiro atoms. The second-order valence-corrected chi connectivity index (χ2v) is 11.2. The molecule has 3 rings (SSSR count). The molecule has 1 aromatic carbocycles. The molecule has 0 bridgehead atoms. The van der Waals surface area contributed by atoms with Crippen LogP contribution in [0.2, 0.25) is 0 Å². The van der Waals surface area contributed by atoms with Crippen LogP contribution >= 0.6 is 46.6 Å². The molecule has 2 aliphatic rings. The number of carbonyl (C=O) groups is 4. The molecule has 1 saturated heterocycles. The Morgan fingerprint density at radius 3 is 2.44 bits per heavy atom. The highest BCUT2D eigenvalue weighted by Gasteiger charge is 2.56. The molecule has 0 aliphatic carbocycles. The van der Waals surface area contributed by atoms with Gasteiger partial charge in [0.05, 0.1) is 6.42 Å². The Kier molecular flexibility index (Phi) is 8.78. The van der Waals surface area contributed by atoms with Crippen LogP contribution in [0.1, 0.15) is 25.0 Å². The summed E-state index contributed by atoms with van der Waals surface area (Å²) in [6.45, 7) is 2.50. The lowest BCUT2D eigenvalue weighted by atomic mass is 9.97. The van der Waals surface area contributed by atoms with E-state index in [2.05, 4.69) is 5.32 Å². The van der Waals surface area contributed by atoms with Crippen LogP contribution in [-0.4, -0.2) is 63.1 Å². The molecule has 184 valence electrons. The number of ether oxygens (including phenoxy) is 2. The summed E-state index contributed by atoms with van der Waals surface area (Å²) in [4.78, 5) is 51.0. The molecule has 34 heavy (non-hydrogen) atoms. The van der Waals surface area contributed by atoms with Crippen molar-refractivity contribution in [3.8, 4) is 0 Å². The molecular formula is C22H23Cl3N2O6S. The smallest absolute Gasteiger partial charge is 0.333 e. The standard InChI is InChI=1S/C22H23Cl3N2O6S/c1-3-13-6-4-5-7-14(13)8-16(29)26-17-19(30)27-18(21(31)33-11-22(23,24)25)15(9-32-12(2)28)10-34-20(17)27/h4-7,10,17-18,20H,3,8-9,11H2,1-2H3,(H,26,29)/t17?,18?,20-/m1/s1. The number of fused-ring (bicyclic) bond motifs is 1. The highest BCUT2D eigenvalue weighted by molar-refractivity contribution is 8.02. The van der Waals surface area contributed by atoms with Crippen molar-refractivity contribution in [1.29, 1.82) is 0 Å². The van der Waals surface area contributed by atoms with E-state index >= 15 is 0 Å². The molecule has 0 aromatic heterocycles. The van der Waals surface area contributed by atoms with Gasteiger partial charge in [-0.15, -0.1) is 11.8 Å². The van der Waals surface area contributed by atoms with Crippen LogP contribution in [0.25, 0.3) is 0 Å². The molecular weight excluding hydrogens is 527 g/mol. The highest BCUT2D eigenvalue weighted by atomic mass is 35.6. The van der Waals surface area contributed by atoms with Crippen molar-refractivity contribution in [2.24, 2.45) is 0 Å². The van der Waals surface area contributed by atoms with E-state index in [9.17, 15) is 19.2 Å². The zero-order valence-electron chi connectivity index (χ0n) is 18.4. The summed E-state index contributed by atoms with van der Waals surface area (Å²) in [6, 6.07) is 5.62. The Balaban J connectivity index is 1.72. The molecule has 2 unspecified atom stereocenters. The maximum absolute atomic E-state index is 13.0. The van der Waals surface area contributed by atoms with Crippen LogP contribution in [0.4, 0.5) is 0 Å². The molecule has 2 amide bonds. The lowest BCUT2D eigenvalue weighted by molar-refractivity contribution is -0.163. The quantitative estimate of drug-likeness (QED) is 0.302. The number of hydrogen-bond acceptors (Lipinski definition) is 7. The second-order valence-electron chi connectivity index (χ2n) is 7.71. The maximum atomic E-state index is 13.0. The lowest BCUT2D eigenvalue weighted by Crippen LogP contribution is -2.74. The van der Waals surface area contributed by atoms with Crippen molar-refractivity contribution in [3.63, 3.8) is 0 Å². The first-order valence-corrected chi connectivity index (χ1v) is 12.5. The molecule has 8 nitrogen and oxygen atoms in total. The first kappa shape index (κ1) is 26.7. The van der Waals surface area contributed by atoms with Crippen LogP contribution in [-0.2, 0) is 41.5 Å². The fourth-order valence-corrected chi connectivity index (χ4v) is 5.08. The van der Waals surface area contributed by atoms with Crippen molar-refractivity contribution in [3.05, 3.63) is 46.4 Å². The van der Waals surface area contributed by atoms with Gasteiger partial charge in [0.25, 0.3) is 0 Å². The number of nitrogens with zero attached hydrogens (tertiary/aromatic N) is 1. The third-order valence-electron chi connectivity index (χ3n) is 5.28. The fourth-order valence-electron chi connectivity index (χ4n) is 3.71. The third-order valence-corrected chi connectivity index (χ3v) is 6.82. The average molecular weight is 550 g/mol. The Morgan fingerprint density at radius 2 is 1.82 bits per heavy atom. The molecule has 0 radical (unpaired) electrons. The van der Waals surface area contributed by atoms with Gasteiger partial charge < -0.3 is 19.7 Å². The SMILES string of the molecule is CCc1ccccc1CC(=O)NC1C(=O)N2C(C(=O)OCC(Cl)(Cl)Cl)C(COC(C)=O)=CS[C@H]12. The minimum atomic E-state index is -1.83. The summed E-state index contributed by atoms with van der Waals surface area (Å²) in [6.07, 6.45) is 0.916. The van der Waals surface area contributed by atoms with Gasteiger partial charge in [-0.05, 0) is 23.0 Å². The summed E-state index contributed by atoms with van der Waals surface area (Å²) in [5.74, 6) is -2.14. The van der Waals surface area contributed by atoms with Gasteiger partial charge in [0.15, 0.2) is 6.04 Å². The summed E-state index contributed by atoms with van der Waals surface area (Å²) in [5, 5.41) is 3.86. The van der Waals surface area contributed by atoms with Gasteiger partial charge in [-0.2, -0.15) is 0 Å². The van der Waals surface area contributed by atoms with Crippen molar-refractivity contribution >= 4 is 70.3 Å². The molecule has 12 heteroatoms. The third kappa shape index (κ3) is 6.38. The minimum Gasteiger partial charge on any atom is -0.461 e. The van der Waals surface area contributed by atoms with E-state index in [-0.39, 0.29) is 18.9 Å². The first-order valence-electron chi connectivity index (χ1n) is 10.4. The summed E-state index contributed by atoms with van der Waals surface area (Å²) in [7, 11) is 0. The van der Waals surface area contributed by atoms with Gasteiger partial charge >= 0.3 is 11.9 Å². The molecule has 1 N–H and O–H groups in total. The number of halogens is 3. The second kappa shape index (κ2) is 11.2. The van der Waals surface area contributed by atoms with Crippen LogP contribution in [0.3, 0.4) is 0 Å². The summed E-state index contributed by atoms with van der Waals surface area (Å²) >= 11 is 18.2. The zero-order valence-corrected chi connectivity index (χ0v) is 21.5. The van der Waals surface area contributed by atoms with E-state index < -0.39 is 45.7 Å².